The molecule has 2 aromatic carbocycles. The van der Waals surface area contributed by atoms with Gasteiger partial charge in [-0.1, -0.05) is 44.9 Å². The van der Waals surface area contributed by atoms with Crippen LogP contribution in [0.5, 0.6) is 11.5 Å². The van der Waals surface area contributed by atoms with E-state index in [1.54, 1.807) is 30.0 Å². The number of ether oxygens (including phenoxy) is 3. The van der Waals surface area contributed by atoms with E-state index in [0.717, 1.165) is 25.7 Å². The third-order valence-electron chi connectivity index (χ3n) is 6.74. The number of esters is 2. The lowest BCUT2D eigenvalue weighted by molar-refractivity contribution is -0.152. The second kappa shape index (κ2) is 12.3. The number of hydrogen-bond acceptors (Lipinski definition) is 6. The van der Waals surface area contributed by atoms with Gasteiger partial charge in [0.1, 0.15) is 17.6 Å². The predicted molar refractivity (Wildman–Crippen MR) is 143 cm³/mol. The number of benzene rings is 2. The molecule has 1 aliphatic heterocycles. The first-order valence-electron chi connectivity index (χ1n) is 13.2. The van der Waals surface area contributed by atoms with Crippen molar-refractivity contribution in [3.63, 3.8) is 0 Å². The van der Waals surface area contributed by atoms with Gasteiger partial charge in [-0.15, -0.1) is 0 Å². The summed E-state index contributed by atoms with van der Waals surface area (Å²) in [6, 6.07) is 12.5. The molecule has 0 N–H and O–H groups in total. The zero-order valence-corrected chi connectivity index (χ0v) is 22.8. The van der Waals surface area contributed by atoms with Gasteiger partial charge >= 0.3 is 11.9 Å². The Bertz CT molecular complexity index is 1110. The van der Waals surface area contributed by atoms with Gasteiger partial charge in [0.05, 0.1) is 17.3 Å². The number of anilines is 1. The van der Waals surface area contributed by atoms with Gasteiger partial charge in [-0.2, -0.15) is 0 Å². The largest absolute Gasteiger partial charge is 0.491 e. The molecular weight excluding hydrogens is 470 g/mol. The zero-order chi connectivity index (χ0) is 27.2. The number of amides is 1. The van der Waals surface area contributed by atoms with Crippen LogP contribution in [-0.2, 0) is 20.7 Å². The maximum absolute atomic E-state index is 14.0. The lowest BCUT2D eigenvalue weighted by atomic mass is 9.82. The number of fused-ring (bicyclic) bond motifs is 1. The van der Waals surface area contributed by atoms with Crippen molar-refractivity contribution in [1.29, 1.82) is 0 Å². The molecule has 1 aliphatic rings. The Morgan fingerprint density at radius 3 is 2.41 bits per heavy atom. The first kappa shape index (κ1) is 28.2. The average Bonchev–Trinajstić information content (AvgIpc) is 2.84. The minimum atomic E-state index is -0.885. The van der Waals surface area contributed by atoms with Crippen molar-refractivity contribution >= 4 is 23.5 Å². The molecule has 2 unspecified atom stereocenters. The molecule has 0 aliphatic carbocycles. The molecule has 1 amide bonds. The monoisotopic (exact) mass is 509 g/mol. The summed E-state index contributed by atoms with van der Waals surface area (Å²) in [6.07, 6.45) is 4.00. The third kappa shape index (κ3) is 6.70. The van der Waals surface area contributed by atoms with Crippen LogP contribution in [0.4, 0.5) is 5.69 Å². The Morgan fingerprint density at radius 2 is 1.78 bits per heavy atom. The smallest absolute Gasteiger partial charge is 0.308 e. The van der Waals surface area contributed by atoms with Gasteiger partial charge in [0, 0.05) is 43.0 Å². The predicted octanol–water partition coefficient (Wildman–Crippen LogP) is 6.26. The third-order valence-corrected chi connectivity index (χ3v) is 6.74. The van der Waals surface area contributed by atoms with Crippen LogP contribution in [0.3, 0.4) is 0 Å². The van der Waals surface area contributed by atoms with E-state index in [1.807, 2.05) is 45.0 Å². The topological polar surface area (TPSA) is 82.1 Å². The fourth-order valence-corrected chi connectivity index (χ4v) is 4.70. The van der Waals surface area contributed by atoms with Crippen LogP contribution in [0.15, 0.2) is 42.5 Å². The summed E-state index contributed by atoms with van der Waals surface area (Å²) in [6.45, 7) is 11.0. The van der Waals surface area contributed by atoms with Crippen molar-refractivity contribution < 1.29 is 28.6 Å². The van der Waals surface area contributed by atoms with Crippen molar-refractivity contribution in [3.8, 4) is 11.5 Å². The van der Waals surface area contributed by atoms with E-state index in [9.17, 15) is 14.4 Å². The van der Waals surface area contributed by atoms with E-state index in [-0.39, 0.29) is 24.4 Å². The summed E-state index contributed by atoms with van der Waals surface area (Å²) in [7, 11) is 0. The Morgan fingerprint density at radius 1 is 1.08 bits per heavy atom. The minimum Gasteiger partial charge on any atom is -0.491 e. The molecule has 7 nitrogen and oxygen atoms in total. The van der Waals surface area contributed by atoms with Crippen molar-refractivity contribution in [2.24, 2.45) is 0 Å². The molecule has 1 heterocycles. The molecule has 0 bridgehead atoms. The molecule has 7 heteroatoms. The number of unbranched alkanes of at least 4 members (excludes halogenated alkanes) is 2. The summed E-state index contributed by atoms with van der Waals surface area (Å²) in [4.78, 5) is 40.0. The molecule has 0 fully saturated rings. The van der Waals surface area contributed by atoms with Crippen molar-refractivity contribution in [2.45, 2.75) is 97.8 Å². The number of nitrogens with zero attached hydrogens (tertiary/aromatic N) is 1. The van der Waals surface area contributed by atoms with Gasteiger partial charge in [0.25, 0.3) is 5.91 Å². The van der Waals surface area contributed by atoms with Crippen LogP contribution in [0, 0.1) is 0 Å². The molecular formula is C30H39NO6. The molecule has 2 atom stereocenters. The molecule has 0 radical (unpaired) electrons. The lowest BCUT2D eigenvalue weighted by Gasteiger charge is -2.48. The lowest BCUT2D eigenvalue weighted by Crippen LogP contribution is -2.60. The minimum absolute atomic E-state index is 0.0529. The first-order chi connectivity index (χ1) is 17.6. The van der Waals surface area contributed by atoms with E-state index in [4.69, 9.17) is 14.2 Å². The van der Waals surface area contributed by atoms with Gasteiger partial charge in [-0.05, 0) is 45.7 Å². The van der Waals surface area contributed by atoms with E-state index in [1.165, 1.54) is 6.92 Å². The van der Waals surface area contributed by atoms with Crippen LogP contribution >= 0.6 is 0 Å². The highest BCUT2D eigenvalue weighted by atomic mass is 16.5. The Hall–Kier alpha value is -3.35. The second-order valence-electron chi connectivity index (χ2n) is 10.1. The van der Waals surface area contributed by atoms with Gasteiger partial charge < -0.3 is 14.2 Å². The molecule has 37 heavy (non-hydrogen) atoms. The Kier molecular flexibility index (Phi) is 9.35. The fraction of sp³-hybridized carbons (Fsp3) is 0.500. The van der Waals surface area contributed by atoms with E-state index in [0.29, 0.717) is 34.7 Å². The van der Waals surface area contributed by atoms with Crippen LogP contribution in [-0.4, -0.2) is 35.6 Å². The normalized spacial score (nSPS) is 16.9. The molecule has 0 aromatic heterocycles. The highest BCUT2D eigenvalue weighted by molar-refractivity contribution is 6.08. The number of rotatable bonds is 10. The van der Waals surface area contributed by atoms with Crippen molar-refractivity contribution in [3.05, 3.63) is 53.6 Å². The average molecular weight is 510 g/mol. The van der Waals surface area contributed by atoms with Gasteiger partial charge in [-0.3, -0.25) is 19.3 Å². The summed E-state index contributed by atoms with van der Waals surface area (Å²) in [5, 5.41) is 0. The number of hydrogen-bond donors (Lipinski definition) is 0. The fourth-order valence-electron chi connectivity index (χ4n) is 4.70. The van der Waals surface area contributed by atoms with Crippen LogP contribution in [0.2, 0.25) is 0 Å². The maximum atomic E-state index is 14.0. The van der Waals surface area contributed by atoms with Crippen LogP contribution < -0.4 is 14.4 Å². The highest BCUT2D eigenvalue weighted by Crippen LogP contribution is 2.46. The quantitative estimate of drug-likeness (QED) is 0.213. The molecule has 2 aromatic rings. The van der Waals surface area contributed by atoms with Gasteiger partial charge in [0.15, 0.2) is 0 Å². The van der Waals surface area contributed by atoms with Crippen LogP contribution in [0.1, 0.15) is 89.6 Å². The molecule has 3 rings (SSSR count). The number of carbonyl (C=O) groups is 3. The molecule has 0 spiro atoms. The Labute approximate surface area is 220 Å². The Balaban J connectivity index is 2.14. The highest BCUT2D eigenvalue weighted by Gasteiger charge is 2.47. The van der Waals surface area contributed by atoms with E-state index in [2.05, 4.69) is 6.92 Å². The van der Waals surface area contributed by atoms with Crippen molar-refractivity contribution in [2.75, 3.05) is 4.90 Å². The summed E-state index contributed by atoms with van der Waals surface area (Å²) in [5.74, 6) is -0.262. The van der Waals surface area contributed by atoms with Gasteiger partial charge in [-0.25, -0.2) is 0 Å². The molecule has 0 saturated carbocycles. The SMILES string of the molecule is CCCCCC(C)Oc1cc(OC(C)=O)c2c(c1)N(C(=O)c1ccccc1)C(C)(C)C(OC(=O)CC)C2. The van der Waals surface area contributed by atoms with Crippen LogP contribution in [0.25, 0.3) is 0 Å². The molecule has 0 saturated heterocycles. The van der Waals surface area contributed by atoms with E-state index < -0.39 is 17.6 Å². The summed E-state index contributed by atoms with van der Waals surface area (Å²) in [5.41, 5.74) is 0.817. The van der Waals surface area contributed by atoms with Gasteiger partial charge in [0.2, 0.25) is 0 Å². The number of carbonyl (C=O) groups excluding carboxylic acids is 3. The van der Waals surface area contributed by atoms with E-state index >= 15 is 0 Å². The maximum Gasteiger partial charge on any atom is 0.308 e. The molecule has 200 valence electrons. The zero-order valence-electron chi connectivity index (χ0n) is 22.8. The standard InChI is InChI=1S/C30H39NO6/c1-7-9-11-14-20(3)35-23-17-25-24(26(18-23)36-21(4)32)19-27(37-28(33)8-2)30(5,6)31(25)29(34)22-15-12-10-13-16-22/h10,12-13,15-18,20,27H,7-9,11,14,19H2,1-6H3. The first-order valence-corrected chi connectivity index (χ1v) is 13.2. The second-order valence-corrected chi connectivity index (χ2v) is 10.1. The van der Waals surface area contributed by atoms with Crippen molar-refractivity contribution in [1.82, 2.24) is 0 Å². The summed E-state index contributed by atoms with van der Waals surface area (Å²) < 4.78 is 17.7. The summed E-state index contributed by atoms with van der Waals surface area (Å²) >= 11 is 0.